The number of amides is 1. The summed E-state index contributed by atoms with van der Waals surface area (Å²) in [4.78, 5) is 25.5. The van der Waals surface area contributed by atoms with Gasteiger partial charge in [0.15, 0.2) is 5.78 Å². The van der Waals surface area contributed by atoms with Crippen molar-refractivity contribution >= 4 is 40.3 Å². The number of nitrogens with zero attached hydrogens (tertiary/aromatic N) is 2. The third kappa shape index (κ3) is 3.13. The molecule has 1 aromatic carbocycles. The second-order valence-electron chi connectivity index (χ2n) is 4.39. The first-order valence-electron chi connectivity index (χ1n) is 6.01. The highest BCUT2D eigenvalue weighted by molar-refractivity contribution is 7.12. The lowest BCUT2D eigenvalue weighted by atomic mass is 10.1. The fraction of sp³-hybridized carbons (Fsp3) is 0.133. The summed E-state index contributed by atoms with van der Waals surface area (Å²) in [5, 5.41) is 11.2. The number of benzene rings is 1. The van der Waals surface area contributed by atoms with Crippen LogP contribution >= 0.6 is 22.9 Å². The highest BCUT2D eigenvalue weighted by Crippen LogP contribution is 2.26. The Hall–Kier alpha value is -2.16. The maximum Gasteiger partial charge on any atom is 0.268 e. The zero-order valence-electron chi connectivity index (χ0n) is 11.4. The lowest BCUT2D eigenvalue weighted by Crippen LogP contribution is -2.26. The summed E-state index contributed by atoms with van der Waals surface area (Å²) >= 11 is 7.12. The fourth-order valence-corrected chi connectivity index (χ4v) is 2.87. The Balaban J connectivity index is 2.37. The van der Waals surface area contributed by atoms with Gasteiger partial charge in [-0.3, -0.25) is 9.59 Å². The van der Waals surface area contributed by atoms with Crippen molar-refractivity contribution < 1.29 is 9.59 Å². The Morgan fingerprint density at radius 1 is 1.33 bits per heavy atom. The number of nitriles is 1. The molecule has 0 unspecified atom stereocenters. The molecule has 1 amide bonds. The number of carbonyl (C=O) groups is 2. The van der Waals surface area contributed by atoms with Crippen molar-refractivity contribution in [1.29, 1.82) is 5.26 Å². The van der Waals surface area contributed by atoms with Gasteiger partial charge in [-0.1, -0.05) is 11.6 Å². The largest absolute Gasteiger partial charge is 0.309 e. The van der Waals surface area contributed by atoms with Crippen LogP contribution < -0.4 is 4.90 Å². The molecule has 106 valence electrons. The molecule has 21 heavy (non-hydrogen) atoms. The first-order valence-corrected chi connectivity index (χ1v) is 7.27. The Morgan fingerprint density at radius 3 is 2.62 bits per heavy atom. The molecular formula is C15H11ClN2O2S. The van der Waals surface area contributed by atoms with E-state index in [2.05, 4.69) is 0 Å². The molecule has 4 nitrogen and oxygen atoms in total. The average molecular weight is 319 g/mol. The lowest BCUT2D eigenvalue weighted by molar-refractivity contribution is 0.0996. The summed E-state index contributed by atoms with van der Waals surface area (Å²) in [6, 6.07) is 8.32. The van der Waals surface area contributed by atoms with Crippen LogP contribution in [-0.4, -0.2) is 18.7 Å². The Morgan fingerprint density at radius 2 is 2.05 bits per heavy atom. The molecule has 2 rings (SSSR count). The maximum absolute atomic E-state index is 12.4. The predicted molar refractivity (Wildman–Crippen MR) is 83.2 cm³/mol. The van der Waals surface area contributed by atoms with Gasteiger partial charge in [0.2, 0.25) is 0 Å². The molecule has 0 spiro atoms. The van der Waals surface area contributed by atoms with Crippen LogP contribution in [0.15, 0.2) is 29.6 Å². The number of hydrogen-bond donors (Lipinski definition) is 0. The van der Waals surface area contributed by atoms with Gasteiger partial charge in [-0.05, 0) is 31.2 Å². The number of thiophene rings is 1. The highest BCUT2D eigenvalue weighted by atomic mass is 35.5. The summed E-state index contributed by atoms with van der Waals surface area (Å²) in [6.45, 7) is 1.45. The number of ketones is 1. The van der Waals surface area contributed by atoms with Crippen LogP contribution in [-0.2, 0) is 0 Å². The second-order valence-corrected chi connectivity index (χ2v) is 5.74. The number of carbonyl (C=O) groups excluding carboxylic acids is 2. The van der Waals surface area contributed by atoms with E-state index in [1.54, 1.807) is 36.7 Å². The van der Waals surface area contributed by atoms with Crippen molar-refractivity contribution in [2.45, 2.75) is 6.92 Å². The lowest BCUT2D eigenvalue weighted by Gasteiger charge is -2.18. The predicted octanol–water partition coefficient (Wildman–Crippen LogP) is 3.75. The Bertz CT molecular complexity index is 761. The summed E-state index contributed by atoms with van der Waals surface area (Å²) < 4.78 is 0. The van der Waals surface area contributed by atoms with Gasteiger partial charge in [-0.2, -0.15) is 5.26 Å². The van der Waals surface area contributed by atoms with E-state index in [0.717, 1.165) is 0 Å². The number of anilines is 1. The van der Waals surface area contributed by atoms with Crippen LogP contribution in [0.1, 0.15) is 32.5 Å². The average Bonchev–Trinajstić information content (AvgIpc) is 2.95. The van der Waals surface area contributed by atoms with Gasteiger partial charge in [-0.15, -0.1) is 11.3 Å². The van der Waals surface area contributed by atoms with E-state index < -0.39 is 0 Å². The van der Waals surface area contributed by atoms with Crippen LogP contribution in [0.25, 0.3) is 0 Å². The summed E-state index contributed by atoms with van der Waals surface area (Å²) in [5.74, 6) is -0.375. The molecule has 1 heterocycles. The molecule has 0 aliphatic heterocycles. The minimum absolute atomic E-state index is 0.0894. The van der Waals surface area contributed by atoms with Crippen LogP contribution in [0.3, 0.4) is 0 Å². The van der Waals surface area contributed by atoms with Crippen LogP contribution in [0.4, 0.5) is 5.69 Å². The third-order valence-electron chi connectivity index (χ3n) is 2.96. The number of halogens is 1. The van der Waals surface area contributed by atoms with Crippen molar-refractivity contribution in [2.75, 3.05) is 11.9 Å². The van der Waals surface area contributed by atoms with Crippen LogP contribution in [0.5, 0.6) is 0 Å². The molecular weight excluding hydrogens is 308 g/mol. The second kappa shape index (κ2) is 6.08. The molecule has 0 atom stereocenters. The topological polar surface area (TPSA) is 61.2 Å². The van der Waals surface area contributed by atoms with Crippen molar-refractivity contribution in [3.05, 3.63) is 50.7 Å². The third-order valence-corrected chi connectivity index (χ3v) is 4.12. The molecule has 0 saturated carbocycles. The molecule has 0 aliphatic rings. The molecule has 0 radical (unpaired) electrons. The van der Waals surface area contributed by atoms with Crippen LogP contribution in [0, 0.1) is 11.3 Å². The summed E-state index contributed by atoms with van der Waals surface area (Å²) in [5.41, 5.74) is 1.30. The van der Waals surface area contributed by atoms with Crippen molar-refractivity contribution in [1.82, 2.24) is 0 Å². The minimum Gasteiger partial charge on any atom is -0.309 e. The molecule has 0 aliphatic carbocycles. The Kier molecular flexibility index (Phi) is 4.41. The normalized spacial score (nSPS) is 10.0. The molecule has 2 aromatic rings. The van der Waals surface area contributed by atoms with Gasteiger partial charge >= 0.3 is 0 Å². The van der Waals surface area contributed by atoms with Gasteiger partial charge in [-0.25, -0.2) is 0 Å². The monoisotopic (exact) mass is 318 g/mol. The summed E-state index contributed by atoms with van der Waals surface area (Å²) in [7, 11) is 1.57. The zero-order valence-corrected chi connectivity index (χ0v) is 13.0. The van der Waals surface area contributed by atoms with Gasteiger partial charge in [0, 0.05) is 23.0 Å². The molecule has 6 heteroatoms. The van der Waals surface area contributed by atoms with Gasteiger partial charge in [0.05, 0.1) is 16.1 Å². The molecule has 0 N–H and O–H groups in total. The van der Waals surface area contributed by atoms with Gasteiger partial charge in [0.1, 0.15) is 6.07 Å². The number of hydrogen-bond acceptors (Lipinski definition) is 4. The van der Waals surface area contributed by atoms with E-state index in [1.165, 1.54) is 23.2 Å². The van der Waals surface area contributed by atoms with E-state index in [0.29, 0.717) is 26.7 Å². The fourth-order valence-electron chi connectivity index (χ4n) is 1.78. The molecule has 0 fully saturated rings. The SMILES string of the molecule is CC(=O)c1csc(C(=O)N(C)c2cc(Cl)ccc2C#N)c1. The molecule has 0 bridgehead atoms. The van der Waals surface area contributed by atoms with Crippen molar-refractivity contribution in [2.24, 2.45) is 0 Å². The molecule has 0 saturated heterocycles. The molecule has 1 aromatic heterocycles. The van der Waals surface area contributed by atoms with E-state index in [-0.39, 0.29) is 11.7 Å². The van der Waals surface area contributed by atoms with Gasteiger partial charge in [0.25, 0.3) is 5.91 Å². The first-order chi connectivity index (χ1) is 9.93. The highest BCUT2D eigenvalue weighted by Gasteiger charge is 2.19. The standard InChI is InChI=1S/C15H11ClN2O2S/c1-9(19)11-5-14(21-8-11)15(20)18(2)13-6-12(16)4-3-10(13)7-17/h3-6,8H,1-2H3. The van der Waals surface area contributed by atoms with Crippen LogP contribution in [0.2, 0.25) is 5.02 Å². The first kappa shape index (κ1) is 15.2. The number of Topliss-reactive ketones (excluding diaryl/α,β-unsaturated/α-hetero) is 1. The smallest absolute Gasteiger partial charge is 0.268 e. The van der Waals surface area contributed by atoms with Gasteiger partial charge < -0.3 is 4.90 Å². The number of rotatable bonds is 3. The van der Waals surface area contributed by atoms with E-state index in [4.69, 9.17) is 16.9 Å². The maximum atomic E-state index is 12.4. The van der Waals surface area contributed by atoms with Crippen molar-refractivity contribution in [3.63, 3.8) is 0 Å². The Labute approximate surface area is 131 Å². The van der Waals surface area contributed by atoms with E-state index in [9.17, 15) is 9.59 Å². The van der Waals surface area contributed by atoms with E-state index >= 15 is 0 Å². The summed E-state index contributed by atoms with van der Waals surface area (Å²) in [6.07, 6.45) is 0. The quantitative estimate of drug-likeness (QED) is 0.810. The minimum atomic E-state index is -0.286. The van der Waals surface area contributed by atoms with E-state index in [1.807, 2.05) is 6.07 Å². The van der Waals surface area contributed by atoms with Crippen molar-refractivity contribution in [3.8, 4) is 6.07 Å². The zero-order chi connectivity index (χ0) is 15.6.